The normalized spacial score (nSPS) is 10.5. The van der Waals surface area contributed by atoms with Crippen LogP contribution in [-0.4, -0.2) is 41.4 Å². The van der Waals surface area contributed by atoms with Crippen LogP contribution in [0, 0.1) is 6.92 Å². The molecule has 7 heteroatoms. The highest BCUT2D eigenvalue weighted by molar-refractivity contribution is 7.13. The van der Waals surface area contributed by atoms with Crippen molar-refractivity contribution in [3.05, 3.63) is 65.2 Å². The number of amides is 2. The number of ether oxygens (including phenoxy) is 1. The van der Waals surface area contributed by atoms with Gasteiger partial charge in [0.05, 0.1) is 0 Å². The number of nitrogens with zero attached hydrogens (tertiary/aromatic N) is 2. The molecule has 0 aliphatic rings. The quantitative estimate of drug-likeness (QED) is 0.574. The number of hydrogen-bond acceptors (Lipinski definition) is 5. The number of aryl methyl sites for hydroxylation is 1. The van der Waals surface area contributed by atoms with Crippen molar-refractivity contribution >= 4 is 28.8 Å². The molecular weight excluding hydrogens is 398 g/mol. The SMILES string of the molecule is CCN(CC)C(=O)c1ccc(NC(=O)COc2ccc(-c3nc(C)cs3)cc2)cc1. The standard InChI is InChI=1S/C23H25N3O3S/c1-4-26(5-2)23(28)18-6-10-19(11-7-18)25-21(27)14-29-20-12-8-17(9-13-20)22-24-16(3)15-30-22/h6-13,15H,4-5,14H2,1-3H3,(H,25,27). The maximum Gasteiger partial charge on any atom is 0.262 e. The molecule has 3 rings (SSSR count). The van der Waals surface area contributed by atoms with Gasteiger partial charge in [0.25, 0.3) is 11.8 Å². The minimum Gasteiger partial charge on any atom is -0.484 e. The Morgan fingerprint density at radius 1 is 1.03 bits per heavy atom. The molecule has 1 aromatic heterocycles. The molecule has 0 spiro atoms. The van der Waals surface area contributed by atoms with Crippen molar-refractivity contribution in [1.29, 1.82) is 0 Å². The van der Waals surface area contributed by atoms with E-state index in [9.17, 15) is 9.59 Å². The second-order valence-corrected chi connectivity index (χ2v) is 7.57. The zero-order valence-corrected chi connectivity index (χ0v) is 18.2. The van der Waals surface area contributed by atoms with E-state index in [1.165, 1.54) is 0 Å². The summed E-state index contributed by atoms with van der Waals surface area (Å²) in [6.07, 6.45) is 0. The van der Waals surface area contributed by atoms with Crippen LogP contribution in [0.1, 0.15) is 29.9 Å². The molecule has 6 nitrogen and oxygen atoms in total. The van der Waals surface area contributed by atoms with Crippen LogP contribution in [0.5, 0.6) is 5.75 Å². The number of benzene rings is 2. The van der Waals surface area contributed by atoms with E-state index in [1.54, 1.807) is 40.5 Å². The van der Waals surface area contributed by atoms with Crippen molar-refractivity contribution in [2.75, 3.05) is 25.0 Å². The molecule has 0 atom stereocenters. The molecule has 1 heterocycles. The smallest absolute Gasteiger partial charge is 0.262 e. The molecule has 0 saturated carbocycles. The zero-order valence-electron chi connectivity index (χ0n) is 17.3. The third kappa shape index (κ3) is 5.45. The molecule has 2 aromatic carbocycles. The van der Waals surface area contributed by atoms with Crippen LogP contribution in [-0.2, 0) is 4.79 Å². The Morgan fingerprint density at radius 3 is 2.27 bits per heavy atom. The lowest BCUT2D eigenvalue weighted by molar-refractivity contribution is -0.118. The van der Waals surface area contributed by atoms with Crippen LogP contribution in [0.2, 0.25) is 0 Å². The summed E-state index contributed by atoms with van der Waals surface area (Å²) in [7, 11) is 0. The summed E-state index contributed by atoms with van der Waals surface area (Å²) in [6, 6.07) is 14.4. The Morgan fingerprint density at radius 2 is 1.70 bits per heavy atom. The van der Waals surface area contributed by atoms with Crippen molar-refractivity contribution < 1.29 is 14.3 Å². The van der Waals surface area contributed by atoms with E-state index >= 15 is 0 Å². The lowest BCUT2D eigenvalue weighted by Gasteiger charge is -2.18. The first kappa shape index (κ1) is 21.5. The van der Waals surface area contributed by atoms with E-state index in [0.717, 1.165) is 16.3 Å². The van der Waals surface area contributed by atoms with Gasteiger partial charge in [-0.05, 0) is 69.3 Å². The van der Waals surface area contributed by atoms with E-state index in [1.807, 2.05) is 50.4 Å². The van der Waals surface area contributed by atoms with Gasteiger partial charge in [-0.3, -0.25) is 9.59 Å². The van der Waals surface area contributed by atoms with Crippen molar-refractivity contribution in [3.63, 3.8) is 0 Å². The summed E-state index contributed by atoms with van der Waals surface area (Å²) in [5.41, 5.74) is 3.24. The van der Waals surface area contributed by atoms with Crippen LogP contribution < -0.4 is 10.1 Å². The van der Waals surface area contributed by atoms with Crippen molar-refractivity contribution in [1.82, 2.24) is 9.88 Å². The lowest BCUT2D eigenvalue weighted by atomic mass is 10.2. The fourth-order valence-electron chi connectivity index (χ4n) is 2.92. The van der Waals surface area contributed by atoms with E-state index in [2.05, 4.69) is 10.3 Å². The Bertz CT molecular complexity index is 993. The molecule has 30 heavy (non-hydrogen) atoms. The fourth-order valence-corrected chi connectivity index (χ4v) is 3.72. The molecule has 0 aliphatic heterocycles. The largest absolute Gasteiger partial charge is 0.484 e. The topological polar surface area (TPSA) is 71.5 Å². The number of carbonyl (C=O) groups excluding carboxylic acids is 2. The Kier molecular flexibility index (Phi) is 7.19. The third-order valence-electron chi connectivity index (χ3n) is 4.56. The first-order valence-corrected chi connectivity index (χ1v) is 10.7. The Hall–Kier alpha value is -3.19. The summed E-state index contributed by atoms with van der Waals surface area (Å²) in [6.45, 7) is 7.08. The predicted molar refractivity (Wildman–Crippen MR) is 120 cm³/mol. The monoisotopic (exact) mass is 423 g/mol. The average molecular weight is 424 g/mol. The predicted octanol–water partition coefficient (Wildman–Crippen LogP) is 4.62. The number of carbonyl (C=O) groups is 2. The van der Waals surface area contributed by atoms with Gasteiger partial charge >= 0.3 is 0 Å². The number of nitrogens with one attached hydrogen (secondary N) is 1. The van der Waals surface area contributed by atoms with Gasteiger partial charge in [-0.15, -0.1) is 11.3 Å². The van der Waals surface area contributed by atoms with Crippen molar-refractivity contribution in [2.24, 2.45) is 0 Å². The number of thiazole rings is 1. The van der Waals surface area contributed by atoms with Crippen LogP contribution in [0.15, 0.2) is 53.9 Å². The number of hydrogen-bond donors (Lipinski definition) is 1. The summed E-state index contributed by atoms with van der Waals surface area (Å²) < 4.78 is 5.57. The first-order chi connectivity index (χ1) is 14.5. The van der Waals surface area contributed by atoms with Gasteiger partial charge in [0, 0.05) is 41.0 Å². The van der Waals surface area contributed by atoms with Gasteiger partial charge < -0.3 is 15.0 Å². The fraction of sp³-hybridized carbons (Fsp3) is 0.261. The molecule has 156 valence electrons. The molecule has 0 bridgehead atoms. The minimum absolute atomic E-state index is 0.0161. The maximum absolute atomic E-state index is 12.3. The minimum atomic E-state index is -0.266. The highest BCUT2D eigenvalue weighted by Gasteiger charge is 2.12. The number of rotatable bonds is 8. The second kappa shape index (κ2) is 10.0. The summed E-state index contributed by atoms with van der Waals surface area (Å²) >= 11 is 1.59. The second-order valence-electron chi connectivity index (χ2n) is 6.71. The van der Waals surface area contributed by atoms with Crippen LogP contribution >= 0.6 is 11.3 Å². The summed E-state index contributed by atoms with van der Waals surface area (Å²) in [5, 5.41) is 5.75. The average Bonchev–Trinajstić information content (AvgIpc) is 3.20. The molecular formula is C23H25N3O3S. The molecule has 1 N–H and O–H groups in total. The van der Waals surface area contributed by atoms with E-state index in [0.29, 0.717) is 30.1 Å². The lowest BCUT2D eigenvalue weighted by Crippen LogP contribution is -2.30. The summed E-state index contributed by atoms with van der Waals surface area (Å²) in [5.74, 6) is 0.331. The molecule has 0 unspecified atom stereocenters. The van der Waals surface area contributed by atoms with Crippen LogP contribution in [0.25, 0.3) is 10.6 Å². The van der Waals surface area contributed by atoms with E-state index < -0.39 is 0 Å². The molecule has 0 aliphatic carbocycles. The van der Waals surface area contributed by atoms with Gasteiger partial charge in [-0.25, -0.2) is 4.98 Å². The van der Waals surface area contributed by atoms with Gasteiger partial charge in [0.2, 0.25) is 0 Å². The van der Waals surface area contributed by atoms with Gasteiger partial charge in [-0.2, -0.15) is 0 Å². The van der Waals surface area contributed by atoms with Gasteiger partial charge in [-0.1, -0.05) is 0 Å². The molecule has 3 aromatic rings. The molecule has 0 fully saturated rings. The maximum atomic E-state index is 12.3. The van der Waals surface area contributed by atoms with Crippen LogP contribution in [0.3, 0.4) is 0 Å². The highest BCUT2D eigenvalue weighted by Crippen LogP contribution is 2.25. The van der Waals surface area contributed by atoms with Crippen molar-refractivity contribution in [3.8, 4) is 16.3 Å². The van der Waals surface area contributed by atoms with E-state index in [4.69, 9.17) is 4.74 Å². The Labute approximate surface area is 180 Å². The third-order valence-corrected chi connectivity index (χ3v) is 5.57. The summed E-state index contributed by atoms with van der Waals surface area (Å²) in [4.78, 5) is 30.7. The number of aromatic nitrogens is 1. The van der Waals surface area contributed by atoms with Gasteiger partial charge in [0.1, 0.15) is 10.8 Å². The Balaban J connectivity index is 1.51. The first-order valence-electron chi connectivity index (χ1n) is 9.84. The highest BCUT2D eigenvalue weighted by atomic mass is 32.1. The molecule has 0 saturated heterocycles. The zero-order chi connectivity index (χ0) is 21.5. The van der Waals surface area contributed by atoms with Crippen molar-refractivity contribution in [2.45, 2.75) is 20.8 Å². The number of anilines is 1. The van der Waals surface area contributed by atoms with Crippen LogP contribution in [0.4, 0.5) is 5.69 Å². The molecule has 0 radical (unpaired) electrons. The van der Waals surface area contributed by atoms with Gasteiger partial charge in [0.15, 0.2) is 6.61 Å². The molecule has 2 amide bonds. The van der Waals surface area contributed by atoms with E-state index in [-0.39, 0.29) is 18.4 Å².